The molecule has 124 valence electrons. The Balaban J connectivity index is 1.63. The SMILES string of the molecule is COc1ccc(/C=C/c2nn3c(-c4ccc(Cl)cc4)nnc3s2)cc1. The minimum atomic E-state index is 0.686. The molecule has 2 aromatic heterocycles. The minimum Gasteiger partial charge on any atom is -0.497 e. The van der Waals surface area contributed by atoms with Gasteiger partial charge in [-0.25, -0.2) is 0 Å². The van der Waals surface area contributed by atoms with E-state index in [1.54, 1.807) is 11.6 Å². The van der Waals surface area contributed by atoms with Gasteiger partial charge in [0.1, 0.15) is 10.8 Å². The first-order valence-electron chi connectivity index (χ1n) is 7.53. The topological polar surface area (TPSA) is 52.3 Å². The lowest BCUT2D eigenvalue weighted by Crippen LogP contribution is -1.90. The Labute approximate surface area is 153 Å². The number of nitrogens with zero attached hydrogens (tertiary/aromatic N) is 4. The van der Waals surface area contributed by atoms with Crippen molar-refractivity contribution in [3.05, 3.63) is 64.1 Å². The molecule has 5 nitrogen and oxygen atoms in total. The maximum atomic E-state index is 5.94. The number of ether oxygens (including phenoxy) is 1. The van der Waals surface area contributed by atoms with Gasteiger partial charge in [-0.3, -0.25) is 0 Å². The first-order valence-corrected chi connectivity index (χ1v) is 8.73. The third kappa shape index (κ3) is 3.26. The molecule has 0 amide bonds. The van der Waals surface area contributed by atoms with Crippen LogP contribution in [-0.2, 0) is 0 Å². The zero-order chi connectivity index (χ0) is 17.2. The fraction of sp³-hybridized carbons (Fsp3) is 0.0556. The molecule has 0 aliphatic rings. The number of halogens is 1. The van der Waals surface area contributed by atoms with Gasteiger partial charge < -0.3 is 4.74 Å². The quantitative estimate of drug-likeness (QED) is 0.524. The van der Waals surface area contributed by atoms with E-state index in [9.17, 15) is 0 Å². The molecule has 0 aliphatic heterocycles. The van der Waals surface area contributed by atoms with Gasteiger partial charge in [-0.2, -0.15) is 9.61 Å². The molecule has 7 heteroatoms. The third-order valence-electron chi connectivity index (χ3n) is 3.64. The second kappa shape index (κ2) is 6.66. The van der Waals surface area contributed by atoms with E-state index < -0.39 is 0 Å². The lowest BCUT2D eigenvalue weighted by atomic mass is 10.2. The first-order chi connectivity index (χ1) is 12.2. The second-order valence-electron chi connectivity index (χ2n) is 5.27. The first kappa shape index (κ1) is 15.8. The Bertz CT molecular complexity index is 1040. The van der Waals surface area contributed by atoms with Crippen molar-refractivity contribution >= 4 is 40.1 Å². The van der Waals surface area contributed by atoms with E-state index in [2.05, 4.69) is 15.3 Å². The maximum absolute atomic E-state index is 5.94. The summed E-state index contributed by atoms with van der Waals surface area (Å²) < 4.78 is 6.91. The van der Waals surface area contributed by atoms with Crippen LogP contribution in [0.5, 0.6) is 5.75 Å². The number of hydrogen-bond donors (Lipinski definition) is 0. The van der Waals surface area contributed by atoms with Crippen molar-refractivity contribution in [1.29, 1.82) is 0 Å². The summed E-state index contributed by atoms with van der Waals surface area (Å²) >= 11 is 7.42. The normalized spacial score (nSPS) is 11.4. The van der Waals surface area contributed by atoms with Gasteiger partial charge in [0.25, 0.3) is 0 Å². The van der Waals surface area contributed by atoms with Crippen LogP contribution >= 0.6 is 22.9 Å². The molecule has 0 bridgehead atoms. The van der Waals surface area contributed by atoms with E-state index in [0.717, 1.165) is 26.8 Å². The van der Waals surface area contributed by atoms with Crippen LogP contribution in [0.3, 0.4) is 0 Å². The summed E-state index contributed by atoms with van der Waals surface area (Å²) in [6.45, 7) is 0. The summed E-state index contributed by atoms with van der Waals surface area (Å²) in [4.78, 5) is 0.749. The Morgan fingerprint density at radius 2 is 1.76 bits per heavy atom. The maximum Gasteiger partial charge on any atom is 0.235 e. The van der Waals surface area contributed by atoms with Gasteiger partial charge in [0.05, 0.1) is 7.11 Å². The van der Waals surface area contributed by atoms with Crippen molar-refractivity contribution in [1.82, 2.24) is 19.8 Å². The van der Waals surface area contributed by atoms with Crippen LogP contribution in [0.4, 0.5) is 0 Å². The van der Waals surface area contributed by atoms with Crippen LogP contribution in [0.1, 0.15) is 10.6 Å². The molecule has 0 saturated heterocycles. The average Bonchev–Trinajstić information content (AvgIpc) is 3.21. The van der Waals surface area contributed by atoms with E-state index in [-0.39, 0.29) is 0 Å². The summed E-state index contributed by atoms with van der Waals surface area (Å²) in [5, 5.41) is 14.5. The second-order valence-corrected chi connectivity index (χ2v) is 6.70. The fourth-order valence-electron chi connectivity index (χ4n) is 2.36. The fourth-order valence-corrected chi connectivity index (χ4v) is 3.23. The third-order valence-corrected chi connectivity index (χ3v) is 4.76. The largest absolute Gasteiger partial charge is 0.497 e. The van der Waals surface area contributed by atoms with Crippen LogP contribution in [0.25, 0.3) is 28.5 Å². The Morgan fingerprint density at radius 1 is 1.00 bits per heavy atom. The molecule has 25 heavy (non-hydrogen) atoms. The highest BCUT2D eigenvalue weighted by molar-refractivity contribution is 7.17. The van der Waals surface area contributed by atoms with Crippen LogP contribution in [0.15, 0.2) is 48.5 Å². The lowest BCUT2D eigenvalue weighted by Gasteiger charge is -1.98. The van der Waals surface area contributed by atoms with Crippen LogP contribution in [0, 0.1) is 0 Å². The summed E-state index contributed by atoms with van der Waals surface area (Å²) in [6.07, 6.45) is 3.97. The summed E-state index contributed by atoms with van der Waals surface area (Å²) in [6, 6.07) is 15.3. The minimum absolute atomic E-state index is 0.686. The number of methoxy groups -OCH3 is 1. The highest BCUT2D eigenvalue weighted by Crippen LogP contribution is 2.24. The van der Waals surface area contributed by atoms with Crippen molar-refractivity contribution in [3.63, 3.8) is 0 Å². The van der Waals surface area contributed by atoms with Crippen molar-refractivity contribution in [2.75, 3.05) is 7.11 Å². The molecule has 0 saturated carbocycles. The van der Waals surface area contributed by atoms with Crippen molar-refractivity contribution in [3.8, 4) is 17.1 Å². The molecule has 0 fully saturated rings. The van der Waals surface area contributed by atoms with Gasteiger partial charge in [0, 0.05) is 10.6 Å². The highest BCUT2D eigenvalue weighted by atomic mass is 35.5. The molecule has 0 N–H and O–H groups in total. The monoisotopic (exact) mass is 368 g/mol. The molecule has 4 aromatic rings. The van der Waals surface area contributed by atoms with E-state index in [1.165, 1.54) is 11.3 Å². The van der Waals surface area contributed by atoms with Gasteiger partial charge in [0.15, 0.2) is 5.82 Å². The van der Waals surface area contributed by atoms with E-state index in [4.69, 9.17) is 16.3 Å². The van der Waals surface area contributed by atoms with Crippen LogP contribution < -0.4 is 4.74 Å². The molecule has 0 unspecified atom stereocenters. The molecule has 0 spiro atoms. The zero-order valence-electron chi connectivity index (χ0n) is 13.3. The molecular formula is C18H13ClN4OS. The lowest BCUT2D eigenvalue weighted by molar-refractivity contribution is 0.415. The average molecular weight is 369 g/mol. The van der Waals surface area contributed by atoms with Gasteiger partial charge in [-0.1, -0.05) is 41.1 Å². The predicted octanol–water partition coefficient (Wildman–Crippen LogP) is 4.69. The number of hydrogen-bond acceptors (Lipinski definition) is 5. The van der Waals surface area contributed by atoms with E-state index in [1.807, 2.05) is 60.7 Å². The molecule has 0 radical (unpaired) electrons. The van der Waals surface area contributed by atoms with Crippen molar-refractivity contribution in [2.24, 2.45) is 0 Å². The van der Waals surface area contributed by atoms with Crippen LogP contribution in [-0.4, -0.2) is 26.9 Å². The Kier molecular flexibility index (Phi) is 4.21. The number of benzene rings is 2. The van der Waals surface area contributed by atoms with Gasteiger partial charge >= 0.3 is 0 Å². The molecule has 0 atom stereocenters. The smallest absolute Gasteiger partial charge is 0.235 e. The molecule has 4 rings (SSSR count). The summed E-state index contributed by atoms with van der Waals surface area (Å²) in [5.41, 5.74) is 2.00. The predicted molar refractivity (Wildman–Crippen MR) is 101 cm³/mol. The number of rotatable bonds is 4. The van der Waals surface area contributed by atoms with E-state index in [0.29, 0.717) is 10.8 Å². The van der Waals surface area contributed by atoms with Crippen molar-refractivity contribution < 1.29 is 4.74 Å². The summed E-state index contributed by atoms with van der Waals surface area (Å²) in [7, 11) is 1.66. The summed E-state index contributed by atoms with van der Waals surface area (Å²) in [5.74, 6) is 1.54. The molecule has 0 aliphatic carbocycles. The van der Waals surface area contributed by atoms with Crippen molar-refractivity contribution in [2.45, 2.75) is 0 Å². The van der Waals surface area contributed by atoms with Crippen LogP contribution in [0.2, 0.25) is 5.02 Å². The van der Waals surface area contributed by atoms with E-state index >= 15 is 0 Å². The molecule has 2 heterocycles. The number of fused-ring (bicyclic) bond motifs is 1. The highest BCUT2D eigenvalue weighted by Gasteiger charge is 2.12. The standard InChI is InChI=1S/C18H13ClN4OS/c1-24-15-9-2-12(3-10-15)4-11-16-22-23-17(20-21-18(23)25-16)13-5-7-14(19)8-6-13/h2-11H,1H3/b11-4+. The Morgan fingerprint density at radius 3 is 2.48 bits per heavy atom. The molecular weight excluding hydrogens is 356 g/mol. The van der Waals surface area contributed by atoms with Gasteiger partial charge in [-0.05, 0) is 48.0 Å². The van der Waals surface area contributed by atoms with Gasteiger partial charge in [0.2, 0.25) is 4.96 Å². The molecule has 2 aromatic carbocycles. The number of aromatic nitrogens is 4. The Hall–Kier alpha value is -2.70. The van der Waals surface area contributed by atoms with Gasteiger partial charge in [-0.15, -0.1) is 10.2 Å². The zero-order valence-corrected chi connectivity index (χ0v) is 14.8.